The minimum absolute atomic E-state index is 0.638. The van der Waals surface area contributed by atoms with E-state index in [9.17, 15) is 0 Å². The van der Waals surface area contributed by atoms with E-state index in [1.807, 2.05) is 12.1 Å². The minimum atomic E-state index is 0.638. The zero-order valence-corrected chi connectivity index (χ0v) is 10.1. The summed E-state index contributed by atoms with van der Waals surface area (Å²) < 4.78 is 1.17. The van der Waals surface area contributed by atoms with Crippen molar-refractivity contribution in [2.45, 2.75) is 13.8 Å². The minimum Gasteiger partial charge on any atom is -0.397 e. The highest BCUT2D eigenvalue weighted by atomic mass is 127. The molecule has 2 nitrogen and oxygen atoms in total. The van der Waals surface area contributed by atoms with Crippen molar-refractivity contribution in [3.8, 4) is 0 Å². The van der Waals surface area contributed by atoms with Crippen LogP contribution in [-0.2, 0) is 0 Å². The molecular weight excluding hydrogens is 275 g/mol. The molecule has 0 aliphatic rings. The number of nitrogen functional groups attached to an aromatic ring is 1. The van der Waals surface area contributed by atoms with Gasteiger partial charge in [-0.05, 0) is 46.7 Å². The second-order valence-electron chi connectivity index (χ2n) is 3.51. The van der Waals surface area contributed by atoms with Gasteiger partial charge in [0.15, 0.2) is 0 Å². The molecule has 0 heterocycles. The van der Waals surface area contributed by atoms with Crippen molar-refractivity contribution >= 4 is 34.0 Å². The summed E-state index contributed by atoms with van der Waals surface area (Å²) in [7, 11) is 0. The Labute approximate surface area is 93.0 Å². The van der Waals surface area contributed by atoms with Crippen molar-refractivity contribution in [3.63, 3.8) is 0 Å². The fourth-order valence-corrected chi connectivity index (χ4v) is 1.52. The van der Waals surface area contributed by atoms with E-state index in [0.717, 1.165) is 17.9 Å². The van der Waals surface area contributed by atoms with Gasteiger partial charge >= 0.3 is 0 Å². The molecule has 1 rings (SSSR count). The largest absolute Gasteiger partial charge is 0.397 e. The molecule has 0 bridgehead atoms. The second-order valence-corrected chi connectivity index (χ2v) is 4.75. The molecule has 0 atom stereocenters. The summed E-state index contributed by atoms with van der Waals surface area (Å²) in [5, 5.41) is 3.31. The molecule has 0 aromatic heterocycles. The van der Waals surface area contributed by atoms with Crippen LogP contribution in [0, 0.1) is 9.49 Å². The van der Waals surface area contributed by atoms with Gasteiger partial charge in [0, 0.05) is 10.1 Å². The number of benzene rings is 1. The molecule has 1 aromatic rings. The third-order valence-corrected chi connectivity index (χ3v) is 2.39. The van der Waals surface area contributed by atoms with Crippen LogP contribution < -0.4 is 11.1 Å². The Morgan fingerprint density at radius 3 is 2.69 bits per heavy atom. The third-order valence-electron chi connectivity index (χ3n) is 1.71. The van der Waals surface area contributed by atoms with Crippen LogP contribution in [-0.4, -0.2) is 6.54 Å². The average molecular weight is 290 g/mol. The molecule has 0 saturated heterocycles. The zero-order chi connectivity index (χ0) is 9.84. The first-order valence-corrected chi connectivity index (χ1v) is 5.46. The van der Waals surface area contributed by atoms with Gasteiger partial charge in [0.05, 0.1) is 11.4 Å². The monoisotopic (exact) mass is 290 g/mol. The predicted octanol–water partition coefficient (Wildman–Crippen LogP) is 2.94. The maximum atomic E-state index is 5.84. The fourth-order valence-electron chi connectivity index (χ4n) is 1.01. The number of anilines is 2. The first-order valence-electron chi connectivity index (χ1n) is 4.38. The highest BCUT2D eigenvalue weighted by molar-refractivity contribution is 14.1. The number of hydrogen-bond donors (Lipinski definition) is 2. The molecule has 0 fully saturated rings. The Kier molecular flexibility index (Phi) is 3.84. The standard InChI is InChI=1S/C10H15IN2/c1-7(2)6-13-10-4-3-8(11)5-9(10)12/h3-5,7,13H,6,12H2,1-2H3. The van der Waals surface area contributed by atoms with Crippen molar-refractivity contribution in [1.29, 1.82) is 0 Å². The van der Waals surface area contributed by atoms with E-state index in [1.165, 1.54) is 3.57 Å². The lowest BCUT2D eigenvalue weighted by Crippen LogP contribution is -2.09. The van der Waals surface area contributed by atoms with E-state index in [0.29, 0.717) is 5.92 Å². The first kappa shape index (κ1) is 10.6. The molecule has 0 aliphatic carbocycles. The van der Waals surface area contributed by atoms with E-state index >= 15 is 0 Å². The van der Waals surface area contributed by atoms with Crippen LogP contribution in [0.3, 0.4) is 0 Å². The lowest BCUT2D eigenvalue weighted by Gasteiger charge is -2.11. The number of rotatable bonds is 3. The Hall–Kier alpha value is -0.450. The number of hydrogen-bond acceptors (Lipinski definition) is 2. The van der Waals surface area contributed by atoms with E-state index in [4.69, 9.17) is 5.73 Å². The smallest absolute Gasteiger partial charge is 0.0574 e. The first-order chi connectivity index (χ1) is 6.09. The second kappa shape index (κ2) is 4.69. The molecule has 0 saturated carbocycles. The maximum Gasteiger partial charge on any atom is 0.0574 e. The molecule has 13 heavy (non-hydrogen) atoms. The van der Waals surface area contributed by atoms with Crippen LogP contribution in [0.2, 0.25) is 0 Å². The van der Waals surface area contributed by atoms with Gasteiger partial charge in [0.1, 0.15) is 0 Å². The summed E-state index contributed by atoms with van der Waals surface area (Å²) in [6.07, 6.45) is 0. The van der Waals surface area contributed by atoms with Crippen LogP contribution in [0.5, 0.6) is 0 Å². The van der Waals surface area contributed by atoms with Crippen LogP contribution in [0.25, 0.3) is 0 Å². The summed E-state index contributed by atoms with van der Waals surface area (Å²) >= 11 is 2.26. The van der Waals surface area contributed by atoms with Gasteiger partial charge in [-0.2, -0.15) is 0 Å². The van der Waals surface area contributed by atoms with Crippen molar-refractivity contribution in [2.75, 3.05) is 17.6 Å². The fraction of sp³-hybridized carbons (Fsp3) is 0.400. The SMILES string of the molecule is CC(C)CNc1ccc(I)cc1N. The summed E-state index contributed by atoms with van der Waals surface area (Å²) in [6.45, 7) is 5.32. The number of nitrogens with one attached hydrogen (secondary N) is 1. The summed E-state index contributed by atoms with van der Waals surface area (Å²) in [5.41, 5.74) is 7.70. The van der Waals surface area contributed by atoms with E-state index in [-0.39, 0.29) is 0 Å². The predicted molar refractivity (Wildman–Crippen MR) is 66.9 cm³/mol. The Morgan fingerprint density at radius 2 is 2.15 bits per heavy atom. The van der Waals surface area contributed by atoms with E-state index in [2.05, 4.69) is 47.8 Å². The molecule has 0 spiro atoms. The zero-order valence-electron chi connectivity index (χ0n) is 7.97. The summed E-state index contributed by atoms with van der Waals surface area (Å²) in [6, 6.07) is 6.06. The van der Waals surface area contributed by atoms with Gasteiger partial charge in [-0.25, -0.2) is 0 Å². The normalized spacial score (nSPS) is 10.5. The van der Waals surface area contributed by atoms with Gasteiger partial charge in [-0.15, -0.1) is 0 Å². The molecule has 1 aromatic carbocycles. The molecule has 0 aliphatic heterocycles. The van der Waals surface area contributed by atoms with Gasteiger partial charge in [0.2, 0.25) is 0 Å². The summed E-state index contributed by atoms with van der Waals surface area (Å²) in [4.78, 5) is 0. The molecule has 0 unspecified atom stereocenters. The molecular formula is C10H15IN2. The van der Waals surface area contributed by atoms with Crippen molar-refractivity contribution in [3.05, 3.63) is 21.8 Å². The van der Waals surface area contributed by atoms with Gasteiger partial charge in [0.25, 0.3) is 0 Å². The van der Waals surface area contributed by atoms with Crippen LogP contribution in [0.15, 0.2) is 18.2 Å². The topological polar surface area (TPSA) is 38.0 Å². The van der Waals surface area contributed by atoms with Gasteiger partial charge in [-0.3, -0.25) is 0 Å². The van der Waals surface area contributed by atoms with Crippen molar-refractivity contribution in [1.82, 2.24) is 0 Å². The maximum absolute atomic E-state index is 5.84. The van der Waals surface area contributed by atoms with E-state index in [1.54, 1.807) is 0 Å². The van der Waals surface area contributed by atoms with Crippen LogP contribution in [0.1, 0.15) is 13.8 Å². The molecule has 0 amide bonds. The number of halogens is 1. The highest BCUT2D eigenvalue weighted by Gasteiger charge is 1.99. The van der Waals surface area contributed by atoms with Crippen molar-refractivity contribution < 1.29 is 0 Å². The lowest BCUT2D eigenvalue weighted by molar-refractivity contribution is 0.689. The lowest BCUT2D eigenvalue weighted by atomic mass is 10.2. The summed E-state index contributed by atoms with van der Waals surface area (Å²) in [5.74, 6) is 0.638. The van der Waals surface area contributed by atoms with Gasteiger partial charge in [-0.1, -0.05) is 13.8 Å². The molecule has 0 radical (unpaired) electrons. The Balaban J connectivity index is 2.67. The number of nitrogens with two attached hydrogens (primary N) is 1. The molecule has 72 valence electrons. The molecule has 3 heteroatoms. The van der Waals surface area contributed by atoms with Gasteiger partial charge < -0.3 is 11.1 Å². The molecule has 3 N–H and O–H groups in total. The van der Waals surface area contributed by atoms with Crippen LogP contribution in [0.4, 0.5) is 11.4 Å². The van der Waals surface area contributed by atoms with Crippen LogP contribution >= 0.6 is 22.6 Å². The Morgan fingerprint density at radius 1 is 1.46 bits per heavy atom. The van der Waals surface area contributed by atoms with Crippen molar-refractivity contribution in [2.24, 2.45) is 5.92 Å². The quantitative estimate of drug-likeness (QED) is 0.663. The third kappa shape index (κ3) is 3.42. The Bertz CT molecular complexity index is 284. The average Bonchev–Trinajstić information content (AvgIpc) is 2.02. The highest BCUT2D eigenvalue weighted by Crippen LogP contribution is 2.20. The van der Waals surface area contributed by atoms with E-state index < -0.39 is 0 Å².